The lowest BCUT2D eigenvalue weighted by atomic mass is 9.67. The van der Waals surface area contributed by atoms with Crippen molar-refractivity contribution < 1.29 is 9.90 Å². The van der Waals surface area contributed by atoms with Gasteiger partial charge < -0.3 is 15.3 Å². The number of carbonyl (C=O) groups excluding carboxylic acids is 1. The highest BCUT2D eigenvalue weighted by Crippen LogP contribution is 2.45. The Labute approximate surface area is 208 Å². The quantitative estimate of drug-likeness (QED) is 0.225. The molecule has 0 spiro atoms. The minimum Gasteiger partial charge on any atom is -0.507 e. The molecule has 0 bridgehead atoms. The lowest BCUT2D eigenvalue weighted by Crippen LogP contribution is -2.49. The molecule has 3 aromatic rings. The van der Waals surface area contributed by atoms with E-state index in [0.717, 1.165) is 42.5 Å². The zero-order valence-electron chi connectivity index (χ0n) is 20.5. The molecule has 0 aliphatic carbocycles. The van der Waals surface area contributed by atoms with Crippen molar-refractivity contribution in [1.82, 2.24) is 10.2 Å². The van der Waals surface area contributed by atoms with Gasteiger partial charge in [-0.1, -0.05) is 68.0 Å². The molecule has 34 heavy (non-hydrogen) atoms. The Morgan fingerprint density at radius 1 is 1.15 bits per heavy atom. The van der Waals surface area contributed by atoms with Gasteiger partial charge in [0.1, 0.15) is 5.75 Å². The number of phenolic OH excluding ortho intramolecular Hbond substituents is 1. The molecule has 5 heteroatoms. The molecule has 0 saturated heterocycles. The standard InChI is InChI=1S/C29H36N2O2S/c1-5-14-29(25-11-8-7-9-12-25,20-30-19-26-13-10-16-34-26)28(31(21-32)15-6-2)24-17-22(3)27(33)23(4)18-24/h6-13,16-18,21,28,30,33H,2,5,14-15,19-20H2,1,3-4H3. The van der Waals surface area contributed by atoms with Crippen LogP contribution in [0.25, 0.3) is 0 Å². The summed E-state index contributed by atoms with van der Waals surface area (Å²) in [6, 6.07) is 18.5. The molecule has 2 atom stereocenters. The van der Waals surface area contributed by atoms with Crippen LogP contribution in [0.15, 0.2) is 72.6 Å². The van der Waals surface area contributed by atoms with Gasteiger partial charge in [-0.05, 0) is 54.0 Å². The van der Waals surface area contributed by atoms with Gasteiger partial charge in [0.2, 0.25) is 6.41 Å². The molecule has 1 aromatic heterocycles. The first-order valence-corrected chi connectivity index (χ1v) is 12.8. The van der Waals surface area contributed by atoms with Gasteiger partial charge in [-0.2, -0.15) is 0 Å². The number of carbonyl (C=O) groups is 1. The number of nitrogens with one attached hydrogen (secondary N) is 1. The highest BCUT2D eigenvalue weighted by atomic mass is 32.1. The zero-order valence-corrected chi connectivity index (χ0v) is 21.3. The van der Waals surface area contributed by atoms with Gasteiger partial charge in [0.15, 0.2) is 0 Å². The van der Waals surface area contributed by atoms with Crippen LogP contribution in [-0.4, -0.2) is 29.5 Å². The van der Waals surface area contributed by atoms with Crippen LogP contribution in [0.3, 0.4) is 0 Å². The second-order valence-corrected chi connectivity index (χ2v) is 9.98. The first kappa shape index (κ1) is 25.7. The Balaban J connectivity index is 2.20. The van der Waals surface area contributed by atoms with Gasteiger partial charge in [-0.25, -0.2) is 0 Å². The molecule has 0 aliphatic heterocycles. The molecule has 0 aliphatic rings. The van der Waals surface area contributed by atoms with Crippen molar-refractivity contribution in [2.75, 3.05) is 13.1 Å². The number of nitrogens with zero attached hydrogens (tertiary/aromatic N) is 1. The average molecular weight is 477 g/mol. The van der Waals surface area contributed by atoms with E-state index in [1.807, 2.05) is 36.9 Å². The van der Waals surface area contributed by atoms with Crippen molar-refractivity contribution in [2.45, 2.75) is 51.6 Å². The smallest absolute Gasteiger partial charge is 0.210 e. The summed E-state index contributed by atoms with van der Waals surface area (Å²) in [6.45, 7) is 11.9. The summed E-state index contributed by atoms with van der Waals surface area (Å²) in [4.78, 5) is 15.6. The Hall–Kier alpha value is -2.89. The average Bonchev–Trinajstić information content (AvgIpc) is 3.36. The van der Waals surface area contributed by atoms with Crippen molar-refractivity contribution in [2.24, 2.45) is 0 Å². The SMILES string of the molecule is C=CCN(C=O)C(c1cc(C)c(O)c(C)c1)C(CCC)(CNCc1cccs1)c1ccccc1. The number of benzene rings is 2. The normalized spacial score (nSPS) is 13.7. The van der Waals surface area contributed by atoms with Crippen LogP contribution >= 0.6 is 11.3 Å². The van der Waals surface area contributed by atoms with Crippen LogP contribution in [0.4, 0.5) is 0 Å². The topological polar surface area (TPSA) is 52.6 Å². The van der Waals surface area contributed by atoms with E-state index in [2.05, 4.69) is 60.6 Å². The van der Waals surface area contributed by atoms with Crippen molar-refractivity contribution in [3.63, 3.8) is 0 Å². The minimum atomic E-state index is -0.382. The second kappa shape index (κ2) is 12.0. The van der Waals surface area contributed by atoms with Crippen molar-refractivity contribution in [3.05, 3.63) is 99.8 Å². The first-order chi connectivity index (χ1) is 16.5. The van der Waals surface area contributed by atoms with Crippen molar-refractivity contribution in [1.29, 1.82) is 0 Å². The highest BCUT2D eigenvalue weighted by Gasteiger charge is 2.43. The Morgan fingerprint density at radius 3 is 2.41 bits per heavy atom. The second-order valence-electron chi connectivity index (χ2n) is 8.95. The summed E-state index contributed by atoms with van der Waals surface area (Å²) in [5.41, 5.74) is 3.47. The molecule has 1 heterocycles. The van der Waals surface area contributed by atoms with Crippen LogP contribution in [-0.2, 0) is 16.8 Å². The molecule has 4 nitrogen and oxygen atoms in total. The number of phenols is 1. The van der Waals surface area contributed by atoms with Crippen molar-refractivity contribution in [3.8, 4) is 5.75 Å². The summed E-state index contributed by atoms with van der Waals surface area (Å²) < 4.78 is 0. The third-order valence-electron chi connectivity index (χ3n) is 6.52. The number of aryl methyl sites for hydroxylation is 2. The Kier molecular flexibility index (Phi) is 9.08. The third kappa shape index (κ3) is 5.60. The molecule has 1 amide bonds. The Bertz CT molecular complexity index is 1040. The van der Waals surface area contributed by atoms with E-state index in [4.69, 9.17) is 0 Å². The number of rotatable bonds is 13. The molecule has 3 rings (SSSR count). The third-order valence-corrected chi connectivity index (χ3v) is 7.40. The predicted octanol–water partition coefficient (Wildman–Crippen LogP) is 6.28. The maximum absolute atomic E-state index is 12.5. The van der Waals surface area contributed by atoms with E-state index in [-0.39, 0.29) is 11.5 Å². The number of amides is 1. The van der Waals surface area contributed by atoms with Crippen LogP contribution in [0.5, 0.6) is 5.75 Å². The summed E-state index contributed by atoms with van der Waals surface area (Å²) >= 11 is 1.74. The van der Waals surface area contributed by atoms with Gasteiger partial charge in [-0.3, -0.25) is 4.79 Å². The van der Waals surface area contributed by atoms with Gasteiger partial charge in [0, 0.05) is 29.9 Å². The van der Waals surface area contributed by atoms with Gasteiger partial charge in [0.05, 0.1) is 6.04 Å². The molecule has 0 fully saturated rings. The predicted molar refractivity (Wildman–Crippen MR) is 142 cm³/mol. The number of thiophene rings is 1. The van der Waals surface area contributed by atoms with Crippen LogP contribution in [0, 0.1) is 13.8 Å². The number of hydrogen-bond donors (Lipinski definition) is 2. The first-order valence-electron chi connectivity index (χ1n) is 11.9. The maximum Gasteiger partial charge on any atom is 0.210 e. The van der Waals surface area contributed by atoms with E-state index >= 15 is 0 Å². The summed E-state index contributed by atoms with van der Waals surface area (Å²) in [5.74, 6) is 0.306. The van der Waals surface area contributed by atoms with Crippen LogP contribution < -0.4 is 5.32 Å². The van der Waals surface area contributed by atoms with E-state index in [9.17, 15) is 9.90 Å². The summed E-state index contributed by atoms with van der Waals surface area (Å²) in [7, 11) is 0. The molecule has 2 unspecified atom stereocenters. The lowest BCUT2D eigenvalue weighted by Gasteiger charge is -2.46. The van der Waals surface area contributed by atoms with E-state index < -0.39 is 0 Å². The van der Waals surface area contributed by atoms with Gasteiger partial charge in [0.25, 0.3) is 0 Å². The molecule has 2 N–H and O–H groups in total. The highest BCUT2D eigenvalue weighted by molar-refractivity contribution is 7.09. The fourth-order valence-corrected chi connectivity index (χ4v) is 5.77. The molecular formula is C29H36N2O2S. The Morgan fingerprint density at radius 2 is 1.85 bits per heavy atom. The molecule has 180 valence electrons. The lowest BCUT2D eigenvalue weighted by molar-refractivity contribution is -0.121. The van der Waals surface area contributed by atoms with Crippen LogP contribution in [0.1, 0.15) is 52.9 Å². The fraction of sp³-hybridized carbons (Fsp3) is 0.345. The van der Waals surface area contributed by atoms with Gasteiger partial charge in [-0.15, -0.1) is 17.9 Å². The fourth-order valence-electron chi connectivity index (χ4n) is 5.10. The molecule has 0 saturated carbocycles. The molecular weight excluding hydrogens is 440 g/mol. The summed E-state index contributed by atoms with van der Waals surface area (Å²) in [5, 5.41) is 16.3. The maximum atomic E-state index is 12.5. The number of hydrogen-bond acceptors (Lipinski definition) is 4. The van der Waals surface area contributed by atoms with E-state index in [0.29, 0.717) is 18.8 Å². The van der Waals surface area contributed by atoms with Gasteiger partial charge >= 0.3 is 0 Å². The summed E-state index contributed by atoms with van der Waals surface area (Å²) in [6.07, 6.45) is 4.57. The molecule has 0 radical (unpaired) electrons. The number of aromatic hydroxyl groups is 1. The van der Waals surface area contributed by atoms with Crippen molar-refractivity contribution >= 4 is 17.7 Å². The minimum absolute atomic E-state index is 0.237. The monoisotopic (exact) mass is 476 g/mol. The van der Waals surface area contributed by atoms with Crippen LogP contribution in [0.2, 0.25) is 0 Å². The largest absolute Gasteiger partial charge is 0.507 e. The van der Waals surface area contributed by atoms with E-state index in [1.165, 1.54) is 10.4 Å². The molecule has 2 aromatic carbocycles. The van der Waals surface area contributed by atoms with E-state index in [1.54, 1.807) is 17.4 Å². The zero-order chi connectivity index (χ0) is 24.6.